The van der Waals surface area contributed by atoms with Gasteiger partial charge in [0.15, 0.2) is 0 Å². The maximum Gasteiger partial charge on any atom is 0.122 e. The minimum atomic E-state index is 1.01. The van der Waals surface area contributed by atoms with Gasteiger partial charge in [-0.2, -0.15) is 5.10 Å². The summed E-state index contributed by atoms with van der Waals surface area (Å²) in [5.74, 6) is 1.01. The molecule has 0 radical (unpaired) electrons. The Balaban J connectivity index is 2.15. The normalized spacial score (nSPS) is 11.2. The molecule has 0 spiro atoms. The number of nitrogens with zero attached hydrogens (tertiary/aromatic N) is 3. The Labute approximate surface area is 123 Å². The highest BCUT2D eigenvalue weighted by Crippen LogP contribution is 2.27. The fraction of sp³-hybridized carbons (Fsp3) is 0.250. The zero-order chi connectivity index (χ0) is 14.1. The largest absolute Gasteiger partial charge is 0.246 e. The van der Waals surface area contributed by atoms with E-state index < -0.39 is 0 Å². The lowest BCUT2D eigenvalue weighted by Crippen LogP contribution is -1.91. The first-order valence-corrected chi connectivity index (χ1v) is 7.72. The van der Waals surface area contributed by atoms with Crippen molar-refractivity contribution in [3.63, 3.8) is 0 Å². The van der Waals surface area contributed by atoms with Crippen LogP contribution in [0.3, 0.4) is 0 Å². The molecule has 0 atom stereocenters. The highest BCUT2D eigenvalue weighted by Gasteiger charge is 2.10. The van der Waals surface area contributed by atoms with E-state index in [4.69, 9.17) is 0 Å². The van der Waals surface area contributed by atoms with Gasteiger partial charge in [0.25, 0.3) is 0 Å². The van der Waals surface area contributed by atoms with Crippen LogP contribution in [0.15, 0.2) is 41.7 Å². The first-order valence-electron chi connectivity index (χ1n) is 6.74. The molecule has 4 heteroatoms. The molecule has 3 nitrogen and oxygen atoms in total. The fourth-order valence-electron chi connectivity index (χ4n) is 2.38. The molecule has 0 saturated carbocycles. The van der Waals surface area contributed by atoms with Crippen LogP contribution in [-0.4, -0.2) is 20.4 Å². The summed E-state index contributed by atoms with van der Waals surface area (Å²) in [5, 5.41) is 5.72. The molecule has 2 aromatic heterocycles. The molecule has 0 aliphatic carbocycles. The van der Waals surface area contributed by atoms with Gasteiger partial charge in [-0.3, -0.25) is 0 Å². The zero-order valence-electron chi connectivity index (χ0n) is 11.9. The van der Waals surface area contributed by atoms with Crippen LogP contribution in [0.4, 0.5) is 0 Å². The molecule has 102 valence electrons. The lowest BCUT2D eigenvalue weighted by Gasteiger charge is -2.02. The number of thioether (sulfide) groups is 1. The van der Waals surface area contributed by atoms with Crippen molar-refractivity contribution >= 4 is 17.3 Å². The smallest absolute Gasteiger partial charge is 0.122 e. The van der Waals surface area contributed by atoms with Gasteiger partial charge >= 0.3 is 0 Å². The van der Waals surface area contributed by atoms with Crippen LogP contribution in [0.2, 0.25) is 0 Å². The lowest BCUT2D eigenvalue weighted by atomic mass is 10.0. The summed E-state index contributed by atoms with van der Waals surface area (Å²) in [5.41, 5.74) is 5.81. The van der Waals surface area contributed by atoms with Crippen molar-refractivity contribution in [2.75, 3.05) is 5.75 Å². The van der Waals surface area contributed by atoms with Crippen molar-refractivity contribution < 1.29 is 0 Å². The standard InChI is InChI=1S/C16H17N3S/c1-4-20-16-15-10-14(18-19(15)8-7-17-16)13-6-5-11(2)9-12(13)3/h5-10H,4H2,1-3H3. The van der Waals surface area contributed by atoms with E-state index in [0.717, 1.165) is 22.0 Å². The van der Waals surface area contributed by atoms with Crippen molar-refractivity contribution in [1.82, 2.24) is 14.6 Å². The topological polar surface area (TPSA) is 30.2 Å². The van der Waals surface area contributed by atoms with Crippen LogP contribution in [0.25, 0.3) is 16.8 Å². The molecule has 0 saturated heterocycles. The first-order chi connectivity index (χ1) is 9.69. The molecule has 3 rings (SSSR count). The summed E-state index contributed by atoms with van der Waals surface area (Å²) in [4.78, 5) is 4.44. The molecule has 1 aromatic carbocycles. The first kappa shape index (κ1) is 13.2. The Morgan fingerprint density at radius 2 is 2.05 bits per heavy atom. The van der Waals surface area contributed by atoms with E-state index in [2.05, 4.69) is 55.1 Å². The van der Waals surface area contributed by atoms with Crippen molar-refractivity contribution in [2.24, 2.45) is 0 Å². The summed E-state index contributed by atoms with van der Waals surface area (Å²) in [6, 6.07) is 8.60. The fourth-order valence-corrected chi connectivity index (χ4v) is 3.09. The Bertz CT molecular complexity index is 762. The number of fused-ring (bicyclic) bond motifs is 1. The summed E-state index contributed by atoms with van der Waals surface area (Å²) < 4.78 is 1.92. The third-order valence-electron chi connectivity index (χ3n) is 3.29. The number of aryl methyl sites for hydroxylation is 2. The molecule has 3 aromatic rings. The maximum absolute atomic E-state index is 4.68. The summed E-state index contributed by atoms with van der Waals surface area (Å²) in [6.07, 6.45) is 3.71. The Hall–Kier alpha value is -1.81. The van der Waals surface area contributed by atoms with E-state index in [1.807, 2.05) is 16.9 Å². The van der Waals surface area contributed by atoms with Crippen LogP contribution in [-0.2, 0) is 0 Å². The third kappa shape index (κ3) is 2.31. The maximum atomic E-state index is 4.68. The van der Waals surface area contributed by atoms with Crippen molar-refractivity contribution in [2.45, 2.75) is 25.8 Å². The van der Waals surface area contributed by atoms with E-state index in [1.54, 1.807) is 11.8 Å². The van der Waals surface area contributed by atoms with Crippen molar-refractivity contribution in [1.29, 1.82) is 0 Å². The minimum absolute atomic E-state index is 1.01. The quantitative estimate of drug-likeness (QED) is 0.677. The van der Waals surface area contributed by atoms with Crippen LogP contribution in [0.5, 0.6) is 0 Å². The molecular formula is C16H17N3S. The van der Waals surface area contributed by atoms with E-state index in [-0.39, 0.29) is 0 Å². The number of hydrogen-bond donors (Lipinski definition) is 0. The summed E-state index contributed by atoms with van der Waals surface area (Å²) in [6.45, 7) is 6.38. The van der Waals surface area contributed by atoms with Gasteiger partial charge < -0.3 is 0 Å². The second-order valence-electron chi connectivity index (χ2n) is 4.84. The van der Waals surface area contributed by atoms with E-state index >= 15 is 0 Å². The predicted octanol–water partition coefficient (Wildman–Crippen LogP) is 4.13. The van der Waals surface area contributed by atoms with Gasteiger partial charge in [-0.25, -0.2) is 9.50 Å². The molecule has 0 bridgehead atoms. The Morgan fingerprint density at radius 1 is 1.20 bits per heavy atom. The molecule has 2 heterocycles. The second-order valence-corrected chi connectivity index (χ2v) is 6.10. The molecule has 0 aliphatic heterocycles. The number of rotatable bonds is 3. The van der Waals surface area contributed by atoms with Gasteiger partial charge in [-0.1, -0.05) is 30.7 Å². The van der Waals surface area contributed by atoms with Crippen molar-refractivity contribution in [3.8, 4) is 11.3 Å². The van der Waals surface area contributed by atoms with Gasteiger partial charge in [0, 0.05) is 18.0 Å². The molecule has 0 fully saturated rings. The average Bonchev–Trinajstić information content (AvgIpc) is 2.83. The average molecular weight is 283 g/mol. The monoisotopic (exact) mass is 283 g/mol. The van der Waals surface area contributed by atoms with Crippen LogP contribution in [0.1, 0.15) is 18.1 Å². The van der Waals surface area contributed by atoms with Crippen LogP contribution < -0.4 is 0 Å². The molecule has 20 heavy (non-hydrogen) atoms. The van der Waals surface area contributed by atoms with E-state index in [9.17, 15) is 0 Å². The van der Waals surface area contributed by atoms with Gasteiger partial charge in [-0.05, 0) is 31.2 Å². The Kier molecular flexibility index (Phi) is 3.49. The Morgan fingerprint density at radius 3 is 2.80 bits per heavy atom. The van der Waals surface area contributed by atoms with E-state index in [1.165, 1.54) is 16.7 Å². The molecule has 0 aliphatic rings. The molecule has 0 N–H and O–H groups in total. The SMILES string of the molecule is CCSc1nccn2nc(-c3ccc(C)cc3C)cc12. The van der Waals surface area contributed by atoms with E-state index in [0.29, 0.717) is 0 Å². The molecule has 0 unspecified atom stereocenters. The van der Waals surface area contributed by atoms with Crippen molar-refractivity contribution in [3.05, 3.63) is 47.8 Å². The number of benzene rings is 1. The van der Waals surface area contributed by atoms with Gasteiger partial charge in [0.05, 0.1) is 11.2 Å². The van der Waals surface area contributed by atoms with Gasteiger partial charge in [0.2, 0.25) is 0 Å². The lowest BCUT2D eigenvalue weighted by molar-refractivity contribution is 0.920. The van der Waals surface area contributed by atoms with Crippen LogP contribution in [0, 0.1) is 13.8 Å². The predicted molar refractivity (Wildman–Crippen MR) is 84.3 cm³/mol. The van der Waals surface area contributed by atoms with Crippen LogP contribution >= 0.6 is 11.8 Å². The minimum Gasteiger partial charge on any atom is -0.246 e. The highest BCUT2D eigenvalue weighted by atomic mass is 32.2. The third-order valence-corrected chi connectivity index (χ3v) is 4.17. The zero-order valence-corrected chi connectivity index (χ0v) is 12.7. The van der Waals surface area contributed by atoms with Gasteiger partial charge in [0.1, 0.15) is 5.03 Å². The molecular weight excluding hydrogens is 266 g/mol. The second kappa shape index (κ2) is 5.29. The summed E-state index contributed by atoms with van der Waals surface area (Å²) in [7, 11) is 0. The molecule has 0 amide bonds. The highest BCUT2D eigenvalue weighted by molar-refractivity contribution is 7.99. The summed E-state index contributed by atoms with van der Waals surface area (Å²) >= 11 is 1.75. The van der Waals surface area contributed by atoms with Gasteiger partial charge in [-0.15, -0.1) is 11.8 Å². The number of hydrogen-bond acceptors (Lipinski definition) is 3. The number of aromatic nitrogens is 3.